The molecule has 1 atom stereocenters. The first-order chi connectivity index (χ1) is 9.88. The lowest BCUT2D eigenvalue weighted by molar-refractivity contribution is -0.140. The summed E-state index contributed by atoms with van der Waals surface area (Å²) < 4.78 is 6.05. The van der Waals surface area contributed by atoms with Crippen molar-refractivity contribution in [2.24, 2.45) is 5.73 Å². The number of carboxylic acid groups (broad SMARTS) is 1. The first-order valence-corrected chi connectivity index (χ1v) is 6.68. The third kappa shape index (κ3) is 3.40. The maximum atomic E-state index is 12.0. The minimum atomic E-state index is -1.40. The number of fused-ring (bicyclic) bond motifs is 1. The molecule has 7 nitrogen and oxygen atoms in total. The molecule has 1 aromatic heterocycles. The lowest BCUT2D eigenvalue weighted by atomic mass is 10.2. The Hall–Kier alpha value is -2.35. The number of nitrogens with one attached hydrogen (secondary N) is 1. The molecule has 0 aliphatic rings. The van der Waals surface area contributed by atoms with E-state index in [4.69, 9.17) is 15.3 Å². The van der Waals surface area contributed by atoms with Gasteiger partial charge in [-0.05, 0) is 28.1 Å². The number of aliphatic carboxylic acids is 1. The molecule has 0 saturated heterocycles. The lowest BCUT2D eigenvalue weighted by Gasteiger charge is -2.11. The van der Waals surface area contributed by atoms with Crippen LogP contribution in [-0.4, -0.2) is 28.9 Å². The standard InChI is InChI=1S/C13H11BrN2O5/c14-7-3-1-2-6-4-9(21-11(6)7)12(18)16-8(13(19)20)5-10(15)17/h1-4,8H,5H2,(H2,15,17)(H,16,18)(H,19,20)/t8-/m0/s1. The number of furan rings is 1. The van der Waals surface area contributed by atoms with Crippen LogP contribution in [0.5, 0.6) is 0 Å². The minimum Gasteiger partial charge on any atom is -0.480 e. The van der Waals surface area contributed by atoms with Crippen molar-refractivity contribution >= 4 is 44.7 Å². The number of hydrogen-bond acceptors (Lipinski definition) is 4. The van der Waals surface area contributed by atoms with Crippen molar-refractivity contribution in [2.45, 2.75) is 12.5 Å². The molecule has 0 saturated carbocycles. The van der Waals surface area contributed by atoms with Crippen LogP contribution < -0.4 is 11.1 Å². The van der Waals surface area contributed by atoms with Crippen molar-refractivity contribution in [2.75, 3.05) is 0 Å². The number of amides is 2. The number of hydrogen-bond donors (Lipinski definition) is 3. The Morgan fingerprint density at radius 1 is 1.38 bits per heavy atom. The monoisotopic (exact) mass is 354 g/mol. The number of carbonyl (C=O) groups is 3. The van der Waals surface area contributed by atoms with Gasteiger partial charge in [0.25, 0.3) is 5.91 Å². The number of carboxylic acids is 1. The van der Waals surface area contributed by atoms with Gasteiger partial charge in [-0.1, -0.05) is 12.1 Å². The van der Waals surface area contributed by atoms with Gasteiger partial charge in [0, 0.05) is 5.39 Å². The summed E-state index contributed by atoms with van der Waals surface area (Å²) in [5.41, 5.74) is 5.42. The summed E-state index contributed by atoms with van der Waals surface area (Å²) in [7, 11) is 0. The number of primary amides is 1. The maximum Gasteiger partial charge on any atom is 0.326 e. The van der Waals surface area contributed by atoms with Gasteiger partial charge in [0.1, 0.15) is 11.6 Å². The molecule has 8 heteroatoms. The van der Waals surface area contributed by atoms with E-state index in [1.807, 2.05) is 0 Å². The Morgan fingerprint density at radius 3 is 2.67 bits per heavy atom. The third-order valence-electron chi connectivity index (χ3n) is 2.73. The smallest absolute Gasteiger partial charge is 0.326 e. The topological polar surface area (TPSA) is 123 Å². The van der Waals surface area contributed by atoms with Crippen LogP contribution in [0.15, 0.2) is 33.2 Å². The molecule has 1 heterocycles. The summed E-state index contributed by atoms with van der Waals surface area (Å²) in [6.07, 6.45) is -0.495. The van der Waals surface area contributed by atoms with E-state index < -0.39 is 30.2 Å². The van der Waals surface area contributed by atoms with Gasteiger partial charge in [0.15, 0.2) is 5.76 Å². The predicted octanol–water partition coefficient (Wildman–Crippen LogP) is 1.25. The highest BCUT2D eigenvalue weighted by Crippen LogP contribution is 2.26. The van der Waals surface area contributed by atoms with Crippen LogP contribution in [-0.2, 0) is 9.59 Å². The van der Waals surface area contributed by atoms with Crippen LogP contribution in [0, 0.1) is 0 Å². The van der Waals surface area contributed by atoms with Crippen LogP contribution in [0.4, 0.5) is 0 Å². The number of benzene rings is 1. The summed E-state index contributed by atoms with van der Waals surface area (Å²) in [5.74, 6) is -2.95. The fraction of sp³-hybridized carbons (Fsp3) is 0.154. The Morgan fingerprint density at radius 2 is 2.10 bits per heavy atom. The van der Waals surface area contributed by atoms with E-state index in [1.54, 1.807) is 18.2 Å². The molecule has 21 heavy (non-hydrogen) atoms. The van der Waals surface area contributed by atoms with E-state index >= 15 is 0 Å². The lowest BCUT2D eigenvalue weighted by Crippen LogP contribution is -2.43. The van der Waals surface area contributed by atoms with Crippen molar-refractivity contribution in [1.29, 1.82) is 0 Å². The second kappa shape index (κ2) is 5.96. The third-order valence-corrected chi connectivity index (χ3v) is 3.35. The molecule has 0 radical (unpaired) electrons. The number of para-hydroxylation sites is 1. The second-order valence-corrected chi connectivity index (χ2v) is 5.16. The van der Waals surface area contributed by atoms with E-state index in [1.165, 1.54) is 6.07 Å². The predicted molar refractivity (Wildman–Crippen MR) is 76.6 cm³/mol. The molecule has 0 spiro atoms. The first-order valence-electron chi connectivity index (χ1n) is 5.88. The van der Waals surface area contributed by atoms with Gasteiger partial charge in [-0.15, -0.1) is 0 Å². The first kappa shape index (κ1) is 15.0. The normalized spacial score (nSPS) is 12.0. The molecule has 0 unspecified atom stereocenters. The number of nitrogens with two attached hydrogens (primary N) is 1. The minimum absolute atomic E-state index is 0.0485. The molecule has 2 aromatic rings. The molecule has 0 bridgehead atoms. The van der Waals surface area contributed by atoms with Gasteiger partial charge in [-0.3, -0.25) is 9.59 Å². The zero-order valence-electron chi connectivity index (χ0n) is 10.6. The van der Waals surface area contributed by atoms with E-state index in [9.17, 15) is 14.4 Å². The van der Waals surface area contributed by atoms with E-state index in [2.05, 4.69) is 21.2 Å². The summed E-state index contributed by atoms with van der Waals surface area (Å²) >= 11 is 3.29. The molecule has 110 valence electrons. The van der Waals surface area contributed by atoms with Crippen molar-refractivity contribution in [3.8, 4) is 0 Å². The van der Waals surface area contributed by atoms with Gasteiger partial charge < -0.3 is 20.6 Å². The van der Waals surface area contributed by atoms with E-state index in [0.29, 0.717) is 15.4 Å². The molecule has 1 aromatic carbocycles. The molecular formula is C13H11BrN2O5. The molecule has 0 fully saturated rings. The zero-order valence-corrected chi connectivity index (χ0v) is 12.2. The SMILES string of the molecule is NC(=O)C[C@H](NC(=O)c1cc2cccc(Br)c2o1)C(=O)O. The molecular weight excluding hydrogens is 344 g/mol. The van der Waals surface area contributed by atoms with Crippen LogP contribution in [0.3, 0.4) is 0 Å². The second-order valence-electron chi connectivity index (χ2n) is 4.30. The molecule has 4 N–H and O–H groups in total. The quantitative estimate of drug-likeness (QED) is 0.745. The van der Waals surface area contributed by atoms with Crippen molar-refractivity contribution < 1.29 is 23.9 Å². The van der Waals surface area contributed by atoms with Crippen molar-refractivity contribution in [1.82, 2.24) is 5.32 Å². The maximum absolute atomic E-state index is 12.0. The Balaban J connectivity index is 2.23. The molecule has 0 aliphatic carbocycles. The fourth-order valence-corrected chi connectivity index (χ4v) is 2.23. The number of rotatable bonds is 5. The van der Waals surface area contributed by atoms with Crippen LogP contribution >= 0.6 is 15.9 Å². The molecule has 2 amide bonds. The highest BCUT2D eigenvalue weighted by Gasteiger charge is 2.24. The number of halogens is 1. The van der Waals surface area contributed by atoms with Gasteiger partial charge in [-0.2, -0.15) is 0 Å². The summed E-state index contributed by atoms with van der Waals surface area (Å²) in [5, 5.41) is 11.8. The molecule has 0 aliphatic heterocycles. The summed E-state index contributed by atoms with van der Waals surface area (Å²) in [6, 6.07) is 5.36. The Labute approximate surface area is 127 Å². The van der Waals surface area contributed by atoms with Crippen LogP contribution in [0.25, 0.3) is 11.0 Å². The highest BCUT2D eigenvalue weighted by molar-refractivity contribution is 9.10. The van der Waals surface area contributed by atoms with Crippen LogP contribution in [0.1, 0.15) is 17.0 Å². The van der Waals surface area contributed by atoms with Gasteiger partial charge in [0.2, 0.25) is 5.91 Å². The fourth-order valence-electron chi connectivity index (χ4n) is 1.77. The number of carbonyl (C=O) groups excluding carboxylic acids is 2. The van der Waals surface area contributed by atoms with Crippen molar-refractivity contribution in [3.63, 3.8) is 0 Å². The zero-order chi connectivity index (χ0) is 15.6. The Bertz CT molecular complexity index is 724. The largest absolute Gasteiger partial charge is 0.480 e. The van der Waals surface area contributed by atoms with Gasteiger partial charge in [-0.25, -0.2) is 4.79 Å². The highest BCUT2D eigenvalue weighted by atomic mass is 79.9. The van der Waals surface area contributed by atoms with Gasteiger partial charge >= 0.3 is 5.97 Å². The summed E-state index contributed by atoms with van der Waals surface area (Å²) in [6.45, 7) is 0. The van der Waals surface area contributed by atoms with Crippen LogP contribution in [0.2, 0.25) is 0 Å². The van der Waals surface area contributed by atoms with Crippen molar-refractivity contribution in [3.05, 3.63) is 34.5 Å². The average Bonchev–Trinajstić information content (AvgIpc) is 2.82. The summed E-state index contributed by atoms with van der Waals surface area (Å²) in [4.78, 5) is 33.7. The van der Waals surface area contributed by atoms with E-state index in [-0.39, 0.29) is 5.76 Å². The average molecular weight is 355 g/mol. The Kier molecular flexibility index (Phi) is 4.27. The van der Waals surface area contributed by atoms with E-state index in [0.717, 1.165) is 0 Å². The van der Waals surface area contributed by atoms with Gasteiger partial charge in [0.05, 0.1) is 10.9 Å². The molecule has 2 rings (SSSR count).